The number of halogens is 2. The zero-order valence-electron chi connectivity index (χ0n) is 27.7. The van der Waals surface area contributed by atoms with Crippen LogP contribution in [0.2, 0.25) is 0 Å². The van der Waals surface area contributed by atoms with Gasteiger partial charge in [0.2, 0.25) is 0 Å². The molecule has 0 atom stereocenters. The molecule has 0 spiro atoms. The molecule has 53 heavy (non-hydrogen) atoms. The summed E-state index contributed by atoms with van der Waals surface area (Å²) in [5.41, 5.74) is 8.79. The van der Waals surface area contributed by atoms with E-state index in [1.165, 1.54) is 12.1 Å². The van der Waals surface area contributed by atoms with E-state index in [0.717, 1.165) is 71.2 Å². The fraction of sp³-hybridized carbons (Fsp3) is 0. The number of fused-ring (bicyclic) bond motifs is 9. The Labute approximate surface area is 298 Å². The number of hydrogen-bond donors (Lipinski definition) is 0. The largest absolute Gasteiger partial charge is 0.309 e. The average molecular weight is 691 g/mol. The third kappa shape index (κ3) is 4.23. The third-order valence-corrected chi connectivity index (χ3v) is 10.2. The second kappa shape index (κ2) is 11.1. The predicted molar refractivity (Wildman–Crippen MR) is 204 cm³/mol. The fourth-order valence-corrected chi connectivity index (χ4v) is 7.94. The molecule has 0 aliphatic carbocycles. The normalized spacial score (nSPS) is 12.0. The van der Waals surface area contributed by atoms with Crippen molar-refractivity contribution in [3.05, 3.63) is 158 Å². The molecule has 0 fully saturated rings. The number of hydrogen-bond acceptors (Lipinski definition) is 5. The molecule has 250 valence electrons. The van der Waals surface area contributed by atoms with Crippen LogP contribution >= 0.6 is 0 Å². The van der Waals surface area contributed by atoms with Crippen LogP contribution < -0.4 is 0 Å². The Morgan fingerprint density at radius 2 is 0.792 bits per heavy atom. The maximum atomic E-state index is 16.2. The summed E-state index contributed by atoms with van der Waals surface area (Å²) in [7, 11) is 0. The van der Waals surface area contributed by atoms with Gasteiger partial charge in [-0.05, 0) is 91.0 Å². The SMILES string of the molecule is Fc1cc(-n2c3ccncc3c3cnccc32)ccc1-c1ccc(-n2c3ccc(-n4c5ccncc5c5cnccc54)cc3c3ncccc32)cc1F. The molecule has 3 aromatic carbocycles. The molecule has 0 radical (unpaired) electrons. The zero-order chi connectivity index (χ0) is 35.2. The number of nitrogens with zero attached hydrogens (tertiary/aromatic N) is 8. The van der Waals surface area contributed by atoms with Crippen LogP contribution in [0.3, 0.4) is 0 Å². The molecule has 11 rings (SSSR count). The van der Waals surface area contributed by atoms with Crippen molar-refractivity contribution in [2.24, 2.45) is 0 Å². The first-order chi connectivity index (χ1) is 26.1. The molecule has 8 aromatic heterocycles. The monoisotopic (exact) mass is 690 g/mol. The summed E-state index contributed by atoms with van der Waals surface area (Å²) in [5.74, 6) is -1.07. The van der Waals surface area contributed by atoms with Gasteiger partial charge in [0.1, 0.15) is 11.6 Å². The summed E-state index contributed by atoms with van der Waals surface area (Å²) in [5, 5.41) is 4.78. The van der Waals surface area contributed by atoms with Crippen molar-refractivity contribution in [3.63, 3.8) is 0 Å². The van der Waals surface area contributed by atoms with Crippen molar-refractivity contribution in [2.45, 2.75) is 0 Å². The van der Waals surface area contributed by atoms with Crippen LogP contribution in [0.15, 0.2) is 147 Å². The van der Waals surface area contributed by atoms with Gasteiger partial charge in [-0.3, -0.25) is 24.9 Å². The van der Waals surface area contributed by atoms with Crippen LogP contribution in [-0.4, -0.2) is 38.6 Å². The van der Waals surface area contributed by atoms with E-state index in [2.05, 4.69) is 36.6 Å². The number of rotatable bonds is 4. The van der Waals surface area contributed by atoms with Gasteiger partial charge in [0.15, 0.2) is 0 Å². The second-order valence-corrected chi connectivity index (χ2v) is 13.0. The highest BCUT2D eigenvalue weighted by molar-refractivity contribution is 6.11. The summed E-state index contributed by atoms with van der Waals surface area (Å²) in [6.45, 7) is 0. The van der Waals surface area contributed by atoms with E-state index in [4.69, 9.17) is 4.98 Å². The number of pyridine rings is 5. The second-order valence-electron chi connectivity index (χ2n) is 13.0. The van der Waals surface area contributed by atoms with Crippen LogP contribution in [0.5, 0.6) is 0 Å². The van der Waals surface area contributed by atoms with Gasteiger partial charge in [0.05, 0.1) is 38.6 Å². The van der Waals surface area contributed by atoms with Gasteiger partial charge in [-0.25, -0.2) is 8.78 Å². The Bertz CT molecular complexity index is 3180. The van der Waals surface area contributed by atoms with Gasteiger partial charge in [0, 0.05) is 111 Å². The Kier molecular flexibility index (Phi) is 6.15. The summed E-state index contributed by atoms with van der Waals surface area (Å²) in [6, 6.07) is 27.7. The molecule has 0 unspecified atom stereocenters. The number of aromatic nitrogens is 8. The van der Waals surface area contributed by atoms with E-state index in [-0.39, 0.29) is 11.1 Å². The zero-order valence-corrected chi connectivity index (χ0v) is 27.7. The third-order valence-electron chi connectivity index (χ3n) is 10.2. The van der Waals surface area contributed by atoms with Crippen molar-refractivity contribution in [1.29, 1.82) is 0 Å². The lowest BCUT2D eigenvalue weighted by atomic mass is 10.0. The predicted octanol–water partition coefficient (Wildman–Crippen LogP) is 9.90. The highest BCUT2D eigenvalue weighted by Gasteiger charge is 2.20. The van der Waals surface area contributed by atoms with E-state index < -0.39 is 11.6 Å². The van der Waals surface area contributed by atoms with E-state index in [0.29, 0.717) is 11.4 Å². The smallest absolute Gasteiger partial charge is 0.133 e. The first-order valence-corrected chi connectivity index (χ1v) is 17.0. The van der Waals surface area contributed by atoms with Crippen molar-refractivity contribution in [2.75, 3.05) is 0 Å². The molecular weight excluding hydrogens is 667 g/mol. The van der Waals surface area contributed by atoms with Gasteiger partial charge in [0.25, 0.3) is 0 Å². The topological polar surface area (TPSA) is 79.2 Å². The standard InChI is InChI=1S/C43H24F2N8/c44-35-19-26(52-40-11-16-48-23-33(40)34-24-49-17-12-41(34)52)3-6-28(35)29-7-4-27(20-36(29)45)53-37-8-5-25(18-30(37)43-42(53)2-1-13-50-43)51-38-9-14-46-21-31(38)32-22-47-15-10-39(32)51/h1-24H. The lowest BCUT2D eigenvalue weighted by Crippen LogP contribution is -1.99. The average Bonchev–Trinajstić information content (AvgIpc) is 3.84. The van der Waals surface area contributed by atoms with Crippen LogP contribution in [0.1, 0.15) is 0 Å². The summed E-state index contributed by atoms with van der Waals surface area (Å²) in [6.07, 6.45) is 16.1. The lowest BCUT2D eigenvalue weighted by molar-refractivity contribution is 0.615. The van der Waals surface area contributed by atoms with Gasteiger partial charge in [-0.15, -0.1) is 0 Å². The van der Waals surface area contributed by atoms with Gasteiger partial charge in [-0.2, -0.15) is 0 Å². The Balaban J connectivity index is 1.03. The molecule has 8 nitrogen and oxygen atoms in total. The van der Waals surface area contributed by atoms with Crippen LogP contribution in [0.25, 0.3) is 93.7 Å². The minimum atomic E-state index is -0.536. The van der Waals surface area contributed by atoms with E-state index >= 15 is 8.78 Å². The Morgan fingerprint density at radius 3 is 1.26 bits per heavy atom. The van der Waals surface area contributed by atoms with E-state index in [9.17, 15) is 0 Å². The van der Waals surface area contributed by atoms with E-state index in [1.807, 2.05) is 76.1 Å². The van der Waals surface area contributed by atoms with Gasteiger partial charge in [-0.1, -0.05) is 0 Å². The van der Waals surface area contributed by atoms with Crippen LogP contribution in [-0.2, 0) is 0 Å². The maximum absolute atomic E-state index is 16.2. The van der Waals surface area contributed by atoms with Crippen molar-refractivity contribution >= 4 is 65.5 Å². The van der Waals surface area contributed by atoms with Gasteiger partial charge >= 0.3 is 0 Å². The molecule has 0 N–H and O–H groups in total. The summed E-state index contributed by atoms with van der Waals surface area (Å²) in [4.78, 5) is 22.0. The fourth-order valence-electron chi connectivity index (χ4n) is 7.94. The molecular formula is C43H24F2N8. The molecule has 8 heterocycles. The molecule has 10 heteroatoms. The van der Waals surface area contributed by atoms with Crippen molar-refractivity contribution in [3.8, 4) is 28.2 Å². The Morgan fingerprint density at radius 1 is 0.377 bits per heavy atom. The minimum Gasteiger partial charge on any atom is -0.309 e. The molecule has 0 saturated carbocycles. The summed E-state index contributed by atoms with van der Waals surface area (Å²) < 4.78 is 38.4. The molecule has 0 amide bonds. The van der Waals surface area contributed by atoms with Crippen molar-refractivity contribution < 1.29 is 8.78 Å². The molecule has 11 aromatic rings. The molecule has 0 bridgehead atoms. The van der Waals surface area contributed by atoms with Crippen LogP contribution in [0.4, 0.5) is 8.78 Å². The first kappa shape index (κ1) is 29.4. The van der Waals surface area contributed by atoms with Gasteiger partial charge < -0.3 is 13.7 Å². The molecule has 0 aliphatic rings. The minimum absolute atomic E-state index is 0.171. The molecule has 0 saturated heterocycles. The highest BCUT2D eigenvalue weighted by Crippen LogP contribution is 2.38. The van der Waals surface area contributed by atoms with Crippen molar-refractivity contribution in [1.82, 2.24) is 38.6 Å². The summed E-state index contributed by atoms with van der Waals surface area (Å²) >= 11 is 0. The molecule has 0 aliphatic heterocycles. The number of benzene rings is 3. The van der Waals surface area contributed by atoms with E-state index in [1.54, 1.807) is 55.5 Å². The highest BCUT2D eigenvalue weighted by atomic mass is 19.1. The quantitative estimate of drug-likeness (QED) is 0.184. The first-order valence-electron chi connectivity index (χ1n) is 17.0. The maximum Gasteiger partial charge on any atom is 0.133 e. The Hall–Kier alpha value is -7.33. The van der Waals surface area contributed by atoms with Crippen LogP contribution in [0, 0.1) is 11.6 Å². The lowest BCUT2D eigenvalue weighted by Gasteiger charge is -2.13.